The number of nitrogens with zero attached hydrogens (tertiary/aromatic N) is 2. The predicted octanol–water partition coefficient (Wildman–Crippen LogP) is 4.20. The third-order valence-corrected chi connectivity index (χ3v) is 7.23. The summed E-state index contributed by atoms with van der Waals surface area (Å²) in [6.45, 7) is 6.65. The molecule has 2 fully saturated rings. The number of carbonyl (C=O) groups is 1. The zero-order chi connectivity index (χ0) is 22.1. The van der Waals surface area contributed by atoms with Gasteiger partial charge in [-0.15, -0.1) is 0 Å². The maximum Gasteiger partial charge on any atom is 0.256 e. The largest absolute Gasteiger partial charge is 0.496 e. The third-order valence-electron chi connectivity index (χ3n) is 7.23. The van der Waals surface area contributed by atoms with Crippen molar-refractivity contribution < 1.29 is 14.3 Å². The second-order valence-corrected chi connectivity index (χ2v) is 8.82. The van der Waals surface area contributed by atoms with E-state index in [0.717, 1.165) is 18.6 Å². The lowest BCUT2D eigenvalue weighted by molar-refractivity contribution is 0.0688. The number of pyridine rings is 1. The van der Waals surface area contributed by atoms with Crippen LogP contribution in [0, 0.1) is 13.8 Å². The zero-order valence-electron chi connectivity index (χ0n) is 19.1. The zero-order valence-corrected chi connectivity index (χ0v) is 19.1. The molecule has 3 unspecified atom stereocenters. The minimum absolute atomic E-state index is 0.0996. The van der Waals surface area contributed by atoms with Gasteiger partial charge in [0.25, 0.3) is 5.91 Å². The van der Waals surface area contributed by atoms with Gasteiger partial charge in [0.15, 0.2) is 0 Å². The standard InChI is InChI=1S/C25H33N3O3/c1-15-16(2)23(30-4)11-10-21(15)17(3)28-19-8-9-20(28)14-18(13-19)27-24(29)22-7-6-12-26-25(22)31-5/h6-7,10-12,17-20H,8-9,13-14H2,1-5H3,(H,27,29). The van der Waals surface area contributed by atoms with Gasteiger partial charge >= 0.3 is 0 Å². The van der Waals surface area contributed by atoms with Crippen LogP contribution in [0.2, 0.25) is 0 Å². The van der Waals surface area contributed by atoms with Crippen molar-refractivity contribution in [3.05, 3.63) is 52.7 Å². The fourth-order valence-corrected chi connectivity index (χ4v) is 5.60. The molecular weight excluding hydrogens is 390 g/mol. The lowest BCUT2D eigenvalue weighted by Crippen LogP contribution is -2.51. The summed E-state index contributed by atoms with van der Waals surface area (Å²) in [6, 6.07) is 9.33. The first-order chi connectivity index (χ1) is 14.9. The Kier molecular flexibility index (Phi) is 6.19. The molecule has 0 spiro atoms. The van der Waals surface area contributed by atoms with E-state index in [1.54, 1.807) is 32.5 Å². The van der Waals surface area contributed by atoms with Gasteiger partial charge in [-0.3, -0.25) is 9.69 Å². The molecule has 0 aliphatic carbocycles. The number of benzene rings is 1. The minimum atomic E-state index is -0.0996. The number of aromatic nitrogens is 1. The average Bonchev–Trinajstić information content (AvgIpc) is 3.05. The Labute approximate surface area is 185 Å². The quantitative estimate of drug-likeness (QED) is 0.754. The number of fused-ring (bicyclic) bond motifs is 2. The van der Waals surface area contributed by atoms with Crippen LogP contribution in [-0.4, -0.2) is 48.1 Å². The molecule has 4 rings (SSSR count). The van der Waals surface area contributed by atoms with Crippen LogP contribution in [0.25, 0.3) is 0 Å². The van der Waals surface area contributed by atoms with Crippen molar-refractivity contribution in [1.29, 1.82) is 0 Å². The predicted molar refractivity (Wildman–Crippen MR) is 121 cm³/mol. The first-order valence-corrected chi connectivity index (χ1v) is 11.2. The van der Waals surface area contributed by atoms with Gasteiger partial charge in [-0.2, -0.15) is 0 Å². The second kappa shape index (κ2) is 8.87. The molecule has 0 saturated carbocycles. The maximum absolute atomic E-state index is 12.8. The summed E-state index contributed by atoms with van der Waals surface area (Å²) < 4.78 is 10.8. The van der Waals surface area contributed by atoms with Crippen LogP contribution in [0.3, 0.4) is 0 Å². The molecule has 1 aromatic carbocycles. The Morgan fingerprint density at radius 3 is 2.45 bits per heavy atom. The summed E-state index contributed by atoms with van der Waals surface area (Å²) in [7, 11) is 3.27. The van der Waals surface area contributed by atoms with E-state index in [1.165, 1.54) is 29.5 Å². The maximum atomic E-state index is 12.8. The smallest absolute Gasteiger partial charge is 0.256 e. The molecule has 1 N–H and O–H groups in total. The molecule has 31 heavy (non-hydrogen) atoms. The van der Waals surface area contributed by atoms with Crippen LogP contribution >= 0.6 is 0 Å². The Bertz CT molecular complexity index is 947. The van der Waals surface area contributed by atoms with Gasteiger partial charge in [0.2, 0.25) is 5.88 Å². The SMILES string of the molecule is COc1ccc(C(C)N2C3CCC2CC(NC(=O)c2cccnc2OC)C3)c(C)c1C. The summed E-state index contributed by atoms with van der Waals surface area (Å²) in [6.07, 6.45) is 5.96. The van der Waals surface area contributed by atoms with E-state index in [1.807, 2.05) is 0 Å². The molecule has 2 aromatic rings. The van der Waals surface area contributed by atoms with Crippen molar-refractivity contribution in [2.75, 3.05) is 14.2 Å². The highest BCUT2D eigenvalue weighted by atomic mass is 16.5. The van der Waals surface area contributed by atoms with Crippen molar-refractivity contribution in [3.8, 4) is 11.6 Å². The molecule has 3 heterocycles. The third kappa shape index (κ3) is 4.01. The highest BCUT2D eigenvalue weighted by Gasteiger charge is 2.43. The van der Waals surface area contributed by atoms with Crippen LogP contribution in [-0.2, 0) is 0 Å². The Balaban J connectivity index is 1.47. The Hall–Kier alpha value is -2.60. The van der Waals surface area contributed by atoms with Crippen molar-refractivity contribution in [3.63, 3.8) is 0 Å². The molecular formula is C25H33N3O3. The number of hydrogen-bond acceptors (Lipinski definition) is 5. The molecule has 166 valence electrons. The summed E-state index contributed by atoms with van der Waals surface area (Å²) >= 11 is 0. The number of piperidine rings is 1. The first-order valence-electron chi connectivity index (χ1n) is 11.2. The lowest BCUT2D eigenvalue weighted by Gasteiger charge is -2.43. The fraction of sp³-hybridized carbons (Fsp3) is 0.520. The van der Waals surface area contributed by atoms with Crippen molar-refractivity contribution in [2.45, 2.75) is 70.6 Å². The Morgan fingerprint density at radius 1 is 1.10 bits per heavy atom. The van der Waals surface area contributed by atoms with Crippen molar-refractivity contribution in [1.82, 2.24) is 15.2 Å². The van der Waals surface area contributed by atoms with Crippen molar-refractivity contribution >= 4 is 5.91 Å². The van der Waals surface area contributed by atoms with Crippen molar-refractivity contribution in [2.24, 2.45) is 0 Å². The van der Waals surface area contributed by atoms with Crippen LogP contribution in [0.5, 0.6) is 11.6 Å². The van der Waals surface area contributed by atoms with Gasteiger partial charge in [0.1, 0.15) is 11.3 Å². The van der Waals surface area contributed by atoms with Crippen LogP contribution in [0.4, 0.5) is 0 Å². The molecule has 2 aliphatic rings. The van der Waals surface area contributed by atoms with E-state index >= 15 is 0 Å². The highest BCUT2D eigenvalue weighted by molar-refractivity contribution is 5.96. The van der Waals surface area contributed by atoms with E-state index in [9.17, 15) is 4.79 Å². The molecule has 2 bridgehead atoms. The van der Waals surface area contributed by atoms with Gasteiger partial charge in [0.05, 0.1) is 14.2 Å². The normalized spacial score (nSPS) is 24.0. The minimum Gasteiger partial charge on any atom is -0.496 e. The number of nitrogens with one attached hydrogen (secondary N) is 1. The number of hydrogen-bond donors (Lipinski definition) is 1. The highest BCUT2D eigenvalue weighted by Crippen LogP contribution is 2.43. The fourth-order valence-electron chi connectivity index (χ4n) is 5.60. The Morgan fingerprint density at radius 2 is 1.81 bits per heavy atom. The van der Waals surface area contributed by atoms with E-state index in [-0.39, 0.29) is 11.9 Å². The van der Waals surface area contributed by atoms with E-state index in [2.05, 4.69) is 48.1 Å². The summed E-state index contributed by atoms with van der Waals surface area (Å²) in [5, 5.41) is 3.24. The summed E-state index contributed by atoms with van der Waals surface area (Å²) in [5.41, 5.74) is 4.40. The molecule has 0 radical (unpaired) electrons. The van der Waals surface area contributed by atoms with Gasteiger partial charge in [0, 0.05) is 30.4 Å². The molecule has 2 aliphatic heterocycles. The monoisotopic (exact) mass is 423 g/mol. The van der Waals surface area contributed by atoms with E-state index < -0.39 is 0 Å². The number of methoxy groups -OCH3 is 2. The molecule has 6 heteroatoms. The summed E-state index contributed by atoms with van der Waals surface area (Å²) in [4.78, 5) is 19.7. The molecule has 1 amide bonds. The number of amides is 1. The first kappa shape index (κ1) is 21.6. The number of ether oxygens (including phenoxy) is 2. The summed E-state index contributed by atoms with van der Waals surface area (Å²) in [5.74, 6) is 1.22. The molecule has 2 saturated heterocycles. The molecule has 6 nitrogen and oxygen atoms in total. The van der Waals surface area contributed by atoms with Gasteiger partial charge in [-0.05, 0) is 81.3 Å². The van der Waals surface area contributed by atoms with E-state index in [0.29, 0.717) is 29.6 Å². The topological polar surface area (TPSA) is 63.7 Å². The van der Waals surface area contributed by atoms with Crippen LogP contribution in [0.15, 0.2) is 30.5 Å². The van der Waals surface area contributed by atoms with Gasteiger partial charge in [-0.1, -0.05) is 6.07 Å². The molecule has 1 aromatic heterocycles. The average molecular weight is 424 g/mol. The van der Waals surface area contributed by atoms with Gasteiger partial charge in [-0.25, -0.2) is 4.98 Å². The number of carbonyl (C=O) groups excluding carboxylic acids is 1. The van der Waals surface area contributed by atoms with E-state index in [4.69, 9.17) is 9.47 Å². The lowest BCUT2D eigenvalue weighted by atomic mass is 9.91. The van der Waals surface area contributed by atoms with Crippen LogP contribution < -0.4 is 14.8 Å². The molecule has 3 atom stereocenters. The second-order valence-electron chi connectivity index (χ2n) is 8.82. The number of rotatable bonds is 6. The van der Waals surface area contributed by atoms with Crippen LogP contribution in [0.1, 0.15) is 65.7 Å². The van der Waals surface area contributed by atoms with Gasteiger partial charge < -0.3 is 14.8 Å².